The second kappa shape index (κ2) is 6.92. The first kappa shape index (κ1) is 18.3. The number of fused-ring (bicyclic) bond motifs is 2. The third-order valence-corrected chi connectivity index (χ3v) is 5.34. The Bertz CT molecular complexity index is 1280. The number of rotatable bonds is 4. The molecule has 0 spiro atoms. The lowest BCUT2D eigenvalue weighted by Crippen LogP contribution is -2.25. The molecule has 0 fully saturated rings. The molecule has 5 rings (SSSR count). The highest BCUT2D eigenvalue weighted by atomic mass is 16.5. The third-order valence-electron chi connectivity index (χ3n) is 5.34. The number of amides is 1. The van der Waals surface area contributed by atoms with Crippen LogP contribution in [0.25, 0.3) is 11.5 Å². The number of carbonyl (C=O) groups excluding carboxylic acids is 1. The maximum absolute atomic E-state index is 12.6. The van der Waals surface area contributed by atoms with Crippen LogP contribution in [0.4, 0.5) is 5.82 Å². The summed E-state index contributed by atoms with van der Waals surface area (Å²) in [5, 5.41) is 29.6. The Morgan fingerprint density at radius 3 is 2.93 bits per heavy atom. The van der Waals surface area contributed by atoms with Crippen LogP contribution in [0.2, 0.25) is 0 Å². The molecular weight excluding hydrogens is 386 g/mol. The van der Waals surface area contributed by atoms with E-state index in [1.165, 1.54) is 6.33 Å². The second-order valence-corrected chi connectivity index (χ2v) is 7.12. The monoisotopic (exact) mass is 405 g/mol. The first-order chi connectivity index (χ1) is 14.6. The van der Waals surface area contributed by atoms with Crippen LogP contribution in [0.15, 0.2) is 36.7 Å². The van der Waals surface area contributed by atoms with Gasteiger partial charge in [0.1, 0.15) is 17.9 Å². The minimum absolute atomic E-state index is 0.111. The molecule has 1 aliphatic heterocycles. The van der Waals surface area contributed by atoms with Gasteiger partial charge in [-0.05, 0) is 36.8 Å². The molecule has 0 saturated carbocycles. The van der Waals surface area contributed by atoms with Gasteiger partial charge in [0, 0.05) is 23.5 Å². The lowest BCUT2D eigenvalue weighted by molar-refractivity contribution is -0.116. The molecule has 1 aliphatic rings. The highest BCUT2D eigenvalue weighted by Crippen LogP contribution is 2.41. The minimum atomic E-state index is -0.197. The summed E-state index contributed by atoms with van der Waals surface area (Å²) in [6, 6.07) is 9.18. The van der Waals surface area contributed by atoms with Crippen LogP contribution in [0.5, 0.6) is 5.75 Å². The van der Waals surface area contributed by atoms with Crippen LogP contribution in [-0.2, 0) is 11.4 Å². The van der Waals surface area contributed by atoms with Gasteiger partial charge >= 0.3 is 0 Å². The zero-order valence-electron chi connectivity index (χ0n) is 16.4. The number of aliphatic hydroxyl groups is 1. The number of hydrogen-bond acceptors (Lipinski definition) is 7. The van der Waals surface area contributed by atoms with E-state index >= 15 is 0 Å². The highest BCUT2D eigenvalue weighted by Gasteiger charge is 2.33. The van der Waals surface area contributed by atoms with E-state index in [0.717, 1.165) is 16.8 Å². The first-order valence-electron chi connectivity index (χ1n) is 9.43. The molecule has 10 heteroatoms. The Labute approximate surface area is 171 Å². The Balaban J connectivity index is 1.64. The summed E-state index contributed by atoms with van der Waals surface area (Å²) in [5.74, 6) is 1.44. The summed E-state index contributed by atoms with van der Waals surface area (Å²) in [6.07, 6.45) is 1.80. The van der Waals surface area contributed by atoms with Crippen molar-refractivity contribution in [3.63, 3.8) is 0 Å². The standard InChI is InChI=1S/C20H19N7O3/c1-11-19-14(12-3-4-15(30-2)13(7-12)9-28)8-18(29)22-20(19)27(24-11)17-6-5-16-23-21-10-26(16)25-17/h3-7,10,14,28H,8-9H2,1-2H3,(H,22,29). The highest BCUT2D eigenvalue weighted by molar-refractivity contribution is 5.95. The van der Waals surface area contributed by atoms with Crippen molar-refractivity contribution < 1.29 is 14.6 Å². The molecule has 3 aromatic heterocycles. The van der Waals surface area contributed by atoms with Crippen LogP contribution >= 0.6 is 0 Å². The maximum atomic E-state index is 12.6. The van der Waals surface area contributed by atoms with Gasteiger partial charge in [0.25, 0.3) is 0 Å². The molecule has 1 amide bonds. The number of methoxy groups -OCH3 is 1. The van der Waals surface area contributed by atoms with Crippen molar-refractivity contribution in [2.75, 3.05) is 12.4 Å². The van der Waals surface area contributed by atoms with Crippen LogP contribution in [0.3, 0.4) is 0 Å². The first-order valence-corrected chi connectivity index (χ1v) is 9.43. The van der Waals surface area contributed by atoms with Crippen LogP contribution in [0.1, 0.15) is 34.7 Å². The van der Waals surface area contributed by atoms with Crippen molar-refractivity contribution in [3.8, 4) is 11.6 Å². The van der Waals surface area contributed by atoms with Crippen molar-refractivity contribution in [2.24, 2.45) is 0 Å². The molecule has 1 aromatic carbocycles. The van der Waals surface area contributed by atoms with Gasteiger partial charge in [0.15, 0.2) is 11.5 Å². The molecule has 0 aliphatic carbocycles. The number of aryl methyl sites for hydroxylation is 1. The fraction of sp³-hybridized carbons (Fsp3) is 0.250. The molecule has 1 unspecified atom stereocenters. The van der Waals surface area contributed by atoms with Crippen molar-refractivity contribution in [1.29, 1.82) is 0 Å². The summed E-state index contributed by atoms with van der Waals surface area (Å²) in [5.41, 5.74) is 3.93. The van der Waals surface area contributed by atoms with E-state index in [1.807, 2.05) is 25.1 Å². The number of benzene rings is 1. The van der Waals surface area contributed by atoms with Crippen molar-refractivity contribution >= 4 is 17.4 Å². The van der Waals surface area contributed by atoms with Crippen LogP contribution in [-0.4, -0.2) is 47.7 Å². The molecular formula is C20H19N7O3. The molecule has 30 heavy (non-hydrogen) atoms. The summed E-state index contributed by atoms with van der Waals surface area (Å²) in [6.45, 7) is 1.76. The fourth-order valence-corrected chi connectivity index (χ4v) is 3.97. The number of nitrogens with one attached hydrogen (secondary N) is 1. The molecule has 0 saturated heterocycles. The molecule has 0 bridgehead atoms. The van der Waals surface area contributed by atoms with Gasteiger partial charge in [-0.2, -0.15) is 14.3 Å². The quantitative estimate of drug-likeness (QED) is 0.529. The molecule has 4 aromatic rings. The predicted octanol–water partition coefficient (Wildman–Crippen LogP) is 1.59. The largest absolute Gasteiger partial charge is 0.496 e. The number of nitrogens with zero attached hydrogens (tertiary/aromatic N) is 6. The second-order valence-electron chi connectivity index (χ2n) is 7.12. The van der Waals surface area contributed by atoms with E-state index in [0.29, 0.717) is 28.6 Å². The van der Waals surface area contributed by atoms with Gasteiger partial charge in [-0.1, -0.05) is 6.07 Å². The molecule has 0 radical (unpaired) electrons. The normalized spacial score (nSPS) is 15.8. The Kier molecular flexibility index (Phi) is 4.21. The molecule has 1 atom stereocenters. The number of anilines is 1. The van der Waals surface area contributed by atoms with Gasteiger partial charge in [0.2, 0.25) is 5.91 Å². The zero-order valence-corrected chi connectivity index (χ0v) is 16.4. The number of carbonyl (C=O) groups is 1. The summed E-state index contributed by atoms with van der Waals surface area (Å²) < 4.78 is 8.49. The number of aliphatic hydroxyl groups excluding tert-OH is 1. The van der Waals surface area contributed by atoms with Gasteiger partial charge in [-0.3, -0.25) is 4.79 Å². The Morgan fingerprint density at radius 2 is 2.13 bits per heavy atom. The Morgan fingerprint density at radius 1 is 1.27 bits per heavy atom. The molecule has 2 N–H and O–H groups in total. The van der Waals surface area contributed by atoms with E-state index < -0.39 is 0 Å². The Hall–Kier alpha value is -3.79. The van der Waals surface area contributed by atoms with E-state index in [-0.39, 0.29) is 24.9 Å². The topological polar surface area (TPSA) is 119 Å². The van der Waals surface area contributed by atoms with E-state index in [4.69, 9.17) is 4.74 Å². The number of ether oxygens (including phenoxy) is 1. The predicted molar refractivity (Wildman–Crippen MR) is 107 cm³/mol. The lowest BCUT2D eigenvalue weighted by Gasteiger charge is -2.25. The van der Waals surface area contributed by atoms with Crippen molar-refractivity contribution in [1.82, 2.24) is 29.6 Å². The minimum Gasteiger partial charge on any atom is -0.496 e. The van der Waals surface area contributed by atoms with E-state index in [9.17, 15) is 9.90 Å². The molecule has 4 heterocycles. The fourth-order valence-electron chi connectivity index (χ4n) is 3.97. The zero-order chi connectivity index (χ0) is 20.8. The van der Waals surface area contributed by atoms with Crippen LogP contribution < -0.4 is 10.1 Å². The molecule has 152 valence electrons. The smallest absolute Gasteiger partial charge is 0.226 e. The molecule has 10 nitrogen and oxygen atoms in total. The van der Waals surface area contributed by atoms with E-state index in [1.54, 1.807) is 28.4 Å². The van der Waals surface area contributed by atoms with Gasteiger partial charge in [-0.15, -0.1) is 15.3 Å². The lowest BCUT2D eigenvalue weighted by atomic mass is 9.85. The van der Waals surface area contributed by atoms with Crippen molar-refractivity contribution in [2.45, 2.75) is 25.9 Å². The summed E-state index contributed by atoms with van der Waals surface area (Å²) in [7, 11) is 1.56. The third kappa shape index (κ3) is 2.80. The average Bonchev–Trinajstić information content (AvgIpc) is 3.36. The van der Waals surface area contributed by atoms with Crippen LogP contribution in [0, 0.1) is 6.92 Å². The van der Waals surface area contributed by atoms with Gasteiger partial charge in [0.05, 0.1) is 19.4 Å². The van der Waals surface area contributed by atoms with E-state index in [2.05, 4.69) is 25.7 Å². The summed E-state index contributed by atoms with van der Waals surface area (Å²) >= 11 is 0. The number of aromatic nitrogens is 6. The average molecular weight is 405 g/mol. The van der Waals surface area contributed by atoms with Gasteiger partial charge < -0.3 is 15.2 Å². The maximum Gasteiger partial charge on any atom is 0.226 e. The van der Waals surface area contributed by atoms with Crippen molar-refractivity contribution in [3.05, 3.63) is 59.0 Å². The van der Waals surface area contributed by atoms with Gasteiger partial charge in [-0.25, -0.2) is 0 Å². The summed E-state index contributed by atoms with van der Waals surface area (Å²) in [4.78, 5) is 12.6. The SMILES string of the molecule is COc1ccc(C2CC(=O)Nc3c2c(C)nn3-c2ccc3nncn3n2)cc1CO. The number of hydrogen-bond donors (Lipinski definition) is 2.